The fraction of sp³-hybridized carbons (Fsp3) is 0.350. The summed E-state index contributed by atoms with van der Waals surface area (Å²) in [4.78, 5) is 25.0. The van der Waals surface area contributed by atoms with Crippen LogP contribution in [0.2, 0.25) is 0 Å². The number of nitrogens with two attached hydrogens (primary N) is 1. The first kappa shape index (κ1) is 17.7. The molecule has 7 heteroatoms. The normalized spacial score (nSPS) is 13.7. The molecule has 2 aromatic heterocycles. The lowest BCUT2D eigenvalue weighted by molar-refractivity contribution is -0.134. The zero-order valence-electron chi connectivity index (χ0n) is 15.7. The highest BCUT2D eigenvalue weighted by molar-refractivity contribution is 7.19. The largest absolute Gasteiger partial charge is 0.483 e. The fourth-order valence-electron chi connectivity index (χ4n) is 3.78. The van der Waals surface area contributed by atoms with Crippen molar-refractivity contribution >= 4 is 33.3 Å². The monoisotopic (exact) mass is 382 g/mol. The van der Waals surface area contributed by atoms with Crippen LogP contribution in [0.5, 0.6) is 5.75 Å². The lowest BCUT2D eigenvalue weighted by atomic mass is 10.0. The smallest absolute Gasteiger partial charge is 0.260 e. The van der Waals surface area contributed by atoms with E-state index in [1.807, 2.05) is 18.7 Å². The van der Waals surface area contributed by atoms with Gasteiger partial charge in [-0.3, -0.25) is 4.79 Å². The number of carbonyl (C=O) groups excluding carboxylic acids is 1. The van der Waals surface area contributed by atoms with Crippen molar-refractivity contribution < 1.29 is 9.53 Å². The molecule has 0 fully saturated rings. The van der Waals surface area contributed by atoms with Crippen molar-refractivity contribution in [1.29, 1.82) is 0 Å². The predicted molar refractivity (Wildman–Crippen MR) is 107 cm³/mol. The van der Waals surface area contributed by atoms with E-state index in [0.717, 1.165) is 38.4 Å². The number of aromatic nitrogens is 2. The van der Waals surface area contributed by atoms with E-state index in [-0.39, 0.29) is 12.5 Å². The predicted octanol–water partition coefficient (Wildman–Crippen LogP) is 3.16. The number of hydrogen-bond acceptors (Lipinski definition) is 6. The Labute approximate surface area is 162 Å². The lowest BCUT2D eigenvalue weighted by Crippen LogP contribution is -2.38. The number of rotatable bonds is 3. The minimum absolute atomic E-state index is 0.00321. The van der Waals surface area contributed by atoms with Gasteiger partial charge in [0.05, 0.1) is 11.9 Å². The molecule has 1 aromatic carbocycles. The van der Waals surface area contributed by atoms with Crippen LogP contribution >= 0.6 is 11.3 Å². The van der Waals surface area contributed by atoms with Crippen LogP contribution in [0, 0.1) is 20.8 Å². The van der Waals surface area contributed by atoms with E-state index in [9.17, 15) is 4.79 Å². The maximum Gasteiger partial charge on any atom is 0.260 e. The maximum absolute atomic E-state index is 12.7. The van der Waals surface area contributed by atoms with Crippen molar-refractivity contribution in [3.05, 3.63) is 45.6 Å². The second-order valence-electron chi connectivity index (χ2n) is 7.02. The summed E-state index contributed by atoms with van der Waals surface area (Å²) in [5, 5.41) is 0.951. The van der Waals surface area contributed by atoms with E-state index in [1.165, 1.54) is 17.5 Å². The number of fused-ring (bicyclic) bond motifs is 3. The van der Waals surface area contributed by atoms with Crippen molar-refractivity contribution in [2.45, 2.75) is 33.7 Å². The van der Waals surface area contributed by atoms with Crippen LogP contribution in [0.3, 0.4) is 0 Å². The highest BCUT2D eigenvalue weighted by atomic mass is 32.1. The average Bonchev–Trinajstić information content (AvgIpc) is 2.99. The first-order chi connectivity index (χ1) is 12.9. The van der Waals surface area contributed by atoms with Gasteiger partial charge < -0.3 is 15.4 Å². The molecule has 4 rings (SSSR count). The van der Waals surface area contributed by atoms with Gasteiger partial charge in [0.1, 0.15) is 22.7 Å². The number of benzene rings is 1. The zero-order chi connectivity index (χ0) is 19.1. The molecule has 3 aromatic rings. The topological polar surface area (TPSA) is 81.3 Å². The van der Waals surface area contributed by atoms with Gasteiger partial charge in [0.2, 0.25) is 0 Å². The number of ether oxygens (including phenoxy) is 1. The summed E-state index contributed by atoms with van der Waals surface area (Å²) >= 11 is 1.59. The molecule has 1 aliphatic rings. The number of amides is 1. The van der Waals surface area contributed by atoms with Crippen LogP contribution in [0.15, 0.2) is 18.5 Å². The van der Waals surface area contributed by atoms with Crippen LogP contribution in [-0.4, -0.2) is 33.9 Å². The van der Waals surface area contributed by atoms with Gasteiger partial charge >= 0.3 is 0 Å². The minimum atomic E-state index is -0.00321. The minimum Gasteiger partial charge on any atom is -0.483 e. The molecule has 0 saturated heterocycles. The number of nitrogens with zero attached hydrogens (tertiary/aromatic N) is 3. The van der Waals surface area contributed by atoms with Crippen molar-refractivity contribution in [3.8, 4) is 5.75 Å². The molecule has 0 saturated carbocycles. The van der Waals surface area contributed by atoms with Gasteiger partial charge in [0.15, 0.2) is 6.61 Å². The summed E-state index contributed by atoms with van der Waals surface area (Å²) in [6.07, 6.45) is 2.25. The molecule has 0 bridgehead atoms. The average molecular weight is 382 g/mol. The summed E-state index contributed by atoms with van der Waals surface area (Å²) in [6, 6.07) is 4.14. The summed E-state index contributed by atoms with van der Waals surface area (Å²) in [7, 11) is 0. The summed E-state index contributed by atoms with van der Waals surface area (Å²) in [6.45, 7) is 7.35. The molecule has 3 heterocycles. The second kappa shape index (κ2) is 6.81. The quantitative estimate of drug-likeness (QED) is 0.752. The number of carbonyl (C=O) groups is 1. The molecule has 27 heavy (non-hydrogen) atoms. The van der Waals surface area contributed by atoms with Crippen LogP contribution < -0.4 is 10.5 Å². The first-order valence-corrected chi connectivity index (χ1v) is 9.75. The van der Waals surface area contributed by atoms with Crippen LogP contribution in [0.25, 0.3) is 10.2 Å². The van der Waals surface area contributed by atoms with Gasteiger partial charge in [-0.2, -0.15) is 0 Å². The van der Waals surface area contributed by atoms with Crippen molar-refractivity contribution in [3.63, 3.8) is 0 Å². The van der Waals surface area contributed by atoms with E-state index >= 15 is 0 Å². The van der Waals surface area contributed by atoms with E-state index in [1.54, 1.807) is 11.3 Å². The summed E-state index contributed by atoms with van der Waals surface area (Å²) in [5.41, 5.74) is 10.5. The summed E-state index contributed by atoms with van der Waals surface area (Å²) < 4.78 is 5.87. The molecule has 0 spiro atoms. The van der Waals surface area contributed by atoms with Crippen LogP contribution in [0.1, 0.15) is 27.1 Å². The fourth-order valence-corrected chi connectivity index (χ4v) is 5.00. The molecule has 1 amide bonds. The number of thiophene rings is 1. The molecule has 0 radical (unpaired) electrons. The molecule has 140 valence electrons. The van der Waals surface area contributed by atoms with E-state index in [0.29, 0.717) is 18.9 Å². The van der Waals surface area contributed by atoms with Gasteiger partial charge in [0.25, 0.3) is 5.91 Å². The number of nitrogen functional groups attached to an aromatic ring is 1. The Bertz CT molecular complexity index is 1020. The molecule has 1 aliphatic heterocycles. The number of hydrogen-bond donors (Lipinski definition) is 1. The standard InChI is InChI=1S/C20H22N4O2S/c1-11-6-12(2)18(13(3)7-11)26-9-16(25)24-5-4-14-15(8-24)27-20-17(14)19(21)22-10-23-20/h6-7,10H,4-5,8-9H2,1-3H3,(H2,21,22,23). The van der Waals surface area contributed by atoms with Gasteiger partial charge in [-0.05, 0) is 43.9 Å². The molecular formula is C20H22N4O2S. The number of aryl methyl sites for hydroxylation is 3. The third kappa shape index (κ3) is 3.23. The van der Waals surface area contributed by atoms with E-state index < -0.39 is 0 Å². The molecule has 0 aliphatic carbocycles. The Morgan fingerprint density at radius 2 is 2.00 bits per heavy atom. The Morgan fingerprint density at radius 3 is 2.74 bits per heavy atom. The third-order valence-corrected chi connectivity index (χ3v) is 6.09. The second-order valence-corrected chi connectivity index (χ2v) is 8.11. The molecule has 6 nitrogen and oxygen atoms in total. The Hall–Kier alpha value is -2.67. The van der Waals surface area contributed by atoms with E-state index in [4.69, 9.17) is 10.5 Å². The molecule has 2 N–H and O–H groups in total. The lowest BCUT2D eigenvalue weighted by Gasteiger charge is -2.27. The van der Waals surface area contributed by atoms with E-state index in [2.05, 4.69) is 29.0 Å². The Morgan fingerprint density at radius 1 is 1.26 bits per heavy atom. The van der Waals surface area contributed by atoms with Crippen molar-refractivity contribution in [1.82, 2.24) is 14.9 Å². The highest BCUT2D eigenvalue weighted by Gasteiger charge is 2.26. The van der Waals surface area contributed by atoms with Crippen molar-refractivity contribution in [2.24, 2.45) is 0 Å². The third-order valence-electron chi connectivity index (χ3n) is 4.96. The molecular weight excluding hydrogens is 360 g/mol. The van der Waals surface area contributed by atoms with Crippen LogP contribution in [0.4, 0.5) is 5.82 Å². The first-order valence-electron chi connectivity index (χ1n) is 8.93. The highest BCUT2D eigenvalue weighted by Crippen LogP contribution is 2.36. The zero-order valence-corrected chi connectivity index (χ0v) is 16.5. The molecule has 0 unspecified atom stereocenters. The van der Waals surface area contributed by atoms with Crippen molar-refractivity contribution in [2.75, 3.05) is 18.9 Å². The number of anilines is 1. The molecule has 0 atom stereocenters. The van der Waals surface area contributed by atoms with Gasteiger partial charge in [-0.15, -0.1) is 11.3 Å². The SMILES string of the molecule is Cc1cc(C)c(OCC(=O)N2CCc3c(sc4ncnc(N)c34)C2)c(C)c1. The van der Waals surface area contributed by atoms with Gasteiger partial charge in [0, 0.05) is 11.4 Å². The Balaban J connectivity index is 1.49. The van der Waals surface area contributed by atoms with Crippen LogP contribution in [-0.2, 0) is 17.8 Å². The Kier molecular flexibility index (Phi) is 4.47. The van der Waals surface area contributed by atoms with Gasteiger partial charge in [-0.1, -0.05) is 17.7 Å². The van der Waals surface area contributed by atoms with Gasteiger partial charge in [-0.25, -0.2) is 9.97 Å². The maximum atomic E-state index is 12.7. The summed E-state index contributed by atoms with van der Waals surface area (Å²) in [5.74, 6) is 1.32.